The van der Waals surface area contributed by atoms with E-state index in [4.69, 9.17) is 4.98 Å². The fourth-order valence-corrected chi connectivity index (χ4v) is 4.14. The minimum Gasteiger partial charge on any atom is -0.345 e. The molecule has 8 nitrogen and oxygen atoms in total. The van der Waals surface area contributed by atoms with Gasteiger partial charge in [0.05, 0.1) is 23.3 Å². The van der Waals surface area contributed by atoms with Crippen LogP contribution in [0.4, 0.5) is 19.3 Å². The molecule has 2 heterocycles. The second kappa shape index (κ2) is 9.76. The third-order valence-electron chi connectivity index (χ3n) is 5.99. The molecule has 2 aromatic carbocycles. The molecule has 1 saturated heterocycles. The molecule has 1 aromatic heterocycles. The lowest BCUT2D eigenvalue weighted by Crippen LogP contribution is -2.49. The lowest BCUT2D eigenvalue weighted by molar-refractivity contribution is 0.0827. The van der Waals surface area contributed by atoms with Crippen LogP contribution in [0.3, 0.4) is 0 Å². The lowest BCUT2D eigenvalue weighted by Gasteiger charge is -2.34. The number of hydrogen-bond donors (Lipinski definition) is 1. The number of fused-ring (bicyclic) bond motifs is 1. The molecule has 3 amide bonds. The van der Waals surface area contributed by atoms with Crippen molar-refractivity contribution < 1.29 is 18.4 Å². The number of carbonyl (C=O) groups is 2. The quantitative estimate of drug-likeness (QED) is 0.621. The number of anilines is 1. The van der Waals surface area contributed by atoms with Gasteiger partial charge in [-0.05, 0) is 37.3 Å². The van der Waals surface area contributed by atoms with Crippen molar-refractivity contribution in [3.63, 3.8) is 0 Å². The largest absolute Gasteiger partial charge is 0.345 e. The molecule has 1 aliphatic heterocycles. The third kappa shape index (κ3) is 4.86. The fraction of sp³-hybridized carbons (Fsp3) is 0.375. The van der Waals surface area contributed by atoms with Crippen LogP contribution in [-0.2, 0) is 13.1 Å². The zero-order valence-electron chi connectivity index (χ0n) is 19.5. The number of nitrogens with zero attached hydrogens (tertiary/aromatic N) is 5. The van der Waals surface area contributed by atoms with E-state index in [9.17, 15) is 18.4 Å². The van der Waals surface area contributed by atoms with Crippen LogP contribution in [0, 0.1) is 11.6 Å². The first-order valence-corrected chi connectivity index (χ1v) is 11.2. The SMILES string of the molecule is CCn1c(CN2CCN(C(=O)Nc3cc(F)ccc3F)CC2)nc2cc(C(=O)N(C)C)ccc21. The van der Waals surface area contributed by atoms with Crippen LogP contribution < -0.4 is 5.32 Å². The van der Waals surface area contributed by atoms with E-state index in [1.807, 2.05) is 18.2 Å². The summed E-state index contributed by atoms with van der Waals surface area (Å²) in [6.45, 7) is 5.55. The molecule has 0 bridgehead atoms. The van der Waals surface area contributed by atoms with E-state index >= 15 is 0 Å². The van der Waals surface area contributed by atoms with Crippen LogP contribution in [0.1, 0.15) is 23.1 Å². The number of imidazole rings is 1. The van der Waals surface area contributed by atoms with Crippen molar-refractivity contribution in [1.29, 1.82) is 0 Å². The number of benzene rings is 2. The zero-order chi connectivity index (χ0) is 24.4. The number of aromatic nitrogens is 2. The Morgan fingerprint density at radius 3 is 2.47 bits per heavy atom. The summed E-state index contributed by atoms with van der Waals surface area (Å²) in [6.07, 6.45) is 0. The highest BCUT2D eigenvalue weighted by atomic mass is 19.1. The molecule has 10 heteroatoms. The first-order chi connectivity index (χ1) is 16.3. The Kier molecular flexibility index (Phi) is 6.78. The van der Waals surface area contributed by atoms with Crippen molar-refractivity contribution in [3.8, 4) is 0 Å². The highest BCUT2D eigenvalue weighted by molar-refractivity contribution is 5.97. The summed E-state index contributed by atoms with van der Waals surface area (Å²) < 4.78 is 29.3. The van der Waals surface area contributed by atoms with Gasteiger partial charge in [0.15, 0.2) is 0 Å². The summed E-state index contributed by atoms with van der Waals surface area (Å²) in [5, 5.41) is 2.45. The number of hydrogen-bond acceptors (Lipinski definition) is 4. The normalized spacial score (nSPS) is 14.4. The summed E-state index contributed by atoms with van der Waals surface area (Å²) in [5.41, 5.74) is 2.18. The number of halogens is 2. The first kappa shape index (κ1) is 23.6. The van der Waals surface area contributed by atoms with Gasteiger partial charge in [0, 0.05) is 58.4 Å². The molecule has 0 saturated carbocycles. The molecule has 180 valence electrons. The highest BCUT2D eigenvalue weighted by Crippen LogP contribution is 2.21. The van der Waals surface area contributed by atoms with Gasteiger partial charge in [-0.25, -0.2) is 18.6 Å². The minimum absolute atomic E-state index is 0.0676. The predicted octanol–water partition coefficient (Wildman–Crippen LogP) is 3.39. The van der Waals surface area contributed by atoms with Crippen molar-refractivity contribution >= 4 is 28.7 Å². The lowest BCUT2D eigenvalue weighted by atomic mass is 10.2. The number of aryl methyl sites for hydroxylation is 1. The number of piperazine rings is 1. The molecular weight excluding hydrogens is 442 g/mol. The van der Waals surface area contributed by atoms with Crippen molar-refractivity contribution in [3.05, 3.63) is 59.4 Å². The van der Waals surface area contributed by atoms with Gasteiger partial charge in [-0.15, -0.1) is 0 Å². The van der Waals surface area contributed by atoms with Gasteiger partial charge >= 0.3 is 6.03 Å². The van der Waals surface area contributed by atoms with E-state index in [1.54, 1.807) is 19.0 Å². The average Bonchev–Trinajstić information content (AvgIpc) is 3.17. The third-order valence-corrected chi connectivity index (χ3v) is 5.99. The Labute approximate surface area is 196 Å². The van der Waals surface area contributed by atoms with Gasteiger partial charge in [-0.3, -0.25) is 9.69 Å². The Hall–Kier alpha value is -3.53. The van der Waals surface area contributed by atoms with E-state index in [0.29, 0.717) is 38.3 Å². The van der Waals surface area contributed by atoms with Crippen molar-refractivity contribution in [1.82, 2.24) is 24.3 Å². The van der Waals surface area contributed by atoms with E-state index in [0.717, 1.165) is 41.6 Å². The van der Waals surface area contributed by atoms with E-state index in [2.05, 4.69) is 21.7 Å². The van der Waals surface area contributed by atoms with Crippen molar-refractivity contribution in [2.75, 3.05) is 45.6 Å². The summed E-state index contributed by atoms with van der Waals surface area (Å²) in [7, 11) is 3.44. The van der Waals surface area contributed by atoms with E-state index < -0.39 is 17.7 Å². The Balaban J connectivity index is 1.41. The number of carbonyl (C=O) groups excluding carboxylic acids is 2. The predicted molar refractivity (Wildman–Crippen MR) is 126 cm³/mol. The molecule has 0 radical (unpaired) electrons. The molecule has 34 heavy (non-hydrogen) atoms. The number of urea groups is 1. The molecule has 1 N–H and O–H groups in total. The van der Waals surface area contributed by atoms with Crippen LogP contribution in [0.2, 0.25) is 0 Å². The molecule has 0 aliphatic carbocycles. The molecule has 0 spiro atoms. The standard InChI is InChI=1S/C24H28F2N6O2/c1-4-32-21-8-5-16(23(33)29(2)3)13-20(21)27-22(32)15-30-9-11-31(12-10-30)24(34)28-19-14-17(25)6-7-18(19)26/h5-8,13-14H,4,9-12,15H2,1-3H3,(H,28,34). The zero-order valence-corrected chi connectivity index (χ0v) is 19.5. The maximum absolute atomic E-state index is 13.8. The van der Waals surface area contributed by atoms with Gasteiger partial charge < -0.3 is 19.7 Å². The fourth-order valence-electron chi connectivity index (χ4n) is 4.14. The molecule has 3 aromatic rings. The molecule has 0 atom stereocenters. The highest BCUT2D eigenvalue weighted by Gasteiger charge is 2.24. The van der Waals surface area contributed by atoms with E-state index in [1.165, 1.54) is 4.90 Å². The van der Waals surface area contributed by atoms with Gasteiger partial charge in [-0.1, -0.05) is 0 Å². The first-order valence-electron chi connectivity index (χ1n) is 11.2. The number of nitrogens with one attached hydrogen (secondary N) is 1. The summed E-state index contributed by atoms with van der Waals surface area (Å²) in [5.74, 6) is -0.463. The number of amides is 3. The Morgan fingerprint density at radius 1 is 1.06 bits per heavy atom. The smallest absolute Gasteiger partial charge is 0.322 e. The van der Waals surface area contributed by atoms with Crippen molar-refractivity contribution in [2.24, 2.45) is 0 Å². The summed E-state index contributed by atoms with van der Waals surface area (Å²) >= 11 is 0. The van der Waals surface area contributed by atoms with Crippen LogP contribution in [0.15, 0.2) is 36.4 Å². The monoisotopic (exact) mass is 470 g/mol. The minimum atomic E-state index is -0.678. The van der Waals surface area contributed by atoms with Crippen LogP contribution in [0.25, 0.3) is 11.0 Å². The maximum Gasteiger partial charge on any atom is 0.322 e. The van der Waals surface area contributed by atoms with Gasteiger partial charge in [-0.2, -0.15) is 0 Å². The number of rotatable bonds is 5. The van der Waals surface area contributed by atoms with Crippen LogP contribution >= 0.6 is 0 Å². The molecule has 1 fully saturated rings. The second-order valence-corrected chi connectivity index (χ2v) is 8.49. The van der Waals surface area contributed by atoms with Crippen molar-refractivity contribution in [2.45, 2.75) is 20.0 Å². The molecular formula is C24H28F2N6O2. The van der Waals surface area contributed by atoms with Gasteiger partial charge in [0.25, 0.3) is 5.91 Å². The van der Waals surface area contributed by atoms with Gasteiger partial charge in [0.1, 0.15) is 17.5 Å². The van der Waals surface area contributed by atoms with Crippen LogP contribution in [0.5, 0.6) is 0 Å². The molecule has 1 aliphatic rings. The maximum atomic E-state index is 13.8. The topological polar surface area (TPSA) is 73.7 Å². The Bertz CT molecular complexity index is 1220. The summed E-state index contributed by atoms with van der Waals surface area (Å²) in [4.78, 5) is 34.9. The van der Waals surface area contributed by atoms with Crippen LogP contribution in [-0.4, -0.2) is 76.5 Å². The Morgan fingerprint density at radius 2 is 1.79 bits per heavy atom. The second-order valence-electron chi connectivity index (χ2n) is 8.49. The molecule has 0 unspecified atom stereocenters. The van der Waals surface area contributed by atoms with E-state index in [-0.39, 0.29) is 11.6 Å². The molecule has 4 rings (SSSR count). The summed E-state index contributed by atoms with van der Waals surface area (Å²) in [6, 6.07) is 8.08. The average molecular weight is 471 g/mol. The van der Waals surface area contributed by atoms with Gasteiger partial charge in [0.2, 0.25) is 0 Å².